The van der Waals surface area contributed by atoms with Gasteiger partial charge in [-0.05, 0) is 18.2 Å². The number of carbonyl (C=O) groups is 1. The molecular formula is C17H11F4N5O. The van der Waals surface area contributed by atoms with Gasteiger partial charge in [0.15, 0.2) is 11.6 Å². The lowest BCUT2D eigenvalue weighted by atomic mass is 10.1. The van der Waals surface area contributed by atoms with Crippen molar-refractivity contribution in [3.8, 4) is 22.5 Å². The lowest BCUT2D eigenvalue weighted by molar-refractivity contribution is -0.150. The van der Waals surface area contributed by atoms with Crippen LogP contribution in [0.1, 0.15) is 6.42 Å². The summed E-state index contributed by atoms with van der Waals surface area (Å²) in [5, 5.41) is 2.04. The molecule has 138 valence electrons. The molecule has 0 fully saturated rings. The van der Waals surface area contributed by atoms with E-state index in [0.29, 0.717) is 5.56 Å². The molecule has 0 aromatic carbocycles. The lowest BCUT2D eigenvalue weighted by Gasteiger charge is -2.12. The number of aromatic nitrogens is 4. The van der Waals surface area contributed by atoms with Crippen LogP contribution < -0.4 is 5.32 Å². The molecule has 27 heavy (non-hydrogen) atoms. The summed E-state index contributed by atoms with van der Waals surface area (Å²) >= 11 is 0. The summed E-state index contributed by atoms with van der Waals surface area (Å²) in [6, 6.07) is 4.63. The summed E-state index contributed by atoms with van der Waals surface area (Å²) in [6.45, 7) is 0. The maximum atomic E-state index is 14.1. The minimum absolute atomic E-state index is 0.101. The fourth-order valence-electron chi connectivity index (χ4n) is 2.29. The number of rotatable bonds is 4. The number of carbonyl (C=O) groups excluding carboxylic acids is 1. The van der Waals surface area contributed by atoms with Gasteiger partial charge in [0.1, 0.15) is 12.1 Å². The minimum atomic E-state index is -4.65. The molecule has 0 bridgehead atoms. The highest BCUT2D eigenvalue weighted by molar-refractivity contribution is 5.91. The summed E-state index contributed by atoms with van der Waals surface area (Å²) in [7, 11) is 0. The molecule has 6 nitrogen and oxygen atoms in total. The third-order valence-electron chi connectivity index (χ3n) is 3.36. The molecule has 0 aliphatic heterocycles. The van der Waals surface area contributed by atoms with Crippen molar-refractivity contribution in [3.05, 3.63) is 55.0 Å². The predicted molar refractivity (Wildman–Crippen MR) is 87.8 cm³/mol. The number of alkyl halides is 3. The molecule has 3 rings (SSSR count). The van der Waals surface area contributed by atoms with Gasteiger partial charge in [0.05, 0.1) is 18.1 Å². The molecule has 3 aromatic heterocycles. The number of pyridine rings is 2. The van der Waals surface area contributed by atoms with E-state index in [9.17, 15) is 22.4 Å². The summed E-state index contributed by atoms with van der Waals surface area (Å²) in [5.41, 5.74) is 0.836. The zero-order valence-electron chi connectivity index (χ0n) is 13.5. The molecule has 10 heteroatoms. The van der Waals surface area contributed by atoms with Crippen molar-refractivity contribution in [1.82, 2.24) is 19.9 Å². The molecule has 0 atom stereocenters. The maximum Gasteiger partial charge on any atom is 0.397 e. The van der Waals surface area contributed by atoms with E-state index in [-0.39, 0.29) is 22.8 Å². The molecule has 3 heterocycles. The van der Waals surface area contributed by atoms with Crippen molar-refractivity contribution in [3.63, 3.8) is 0 Å². The third-order valence-corrected chi connectivity index (χ3v) is 3.36. The number of halogens is 4. The Kier molecular flexibility index (Phi) is 5.06. The van der Waals surface area contributed by atoms with Crippen LogP contribution >= 0.6 is 0 Å². The van der Waals surface area contributed by atoms with E-state index in [1.165, 1.54) is 24.7 Å². The summed E-state index contributed by atoms with van der Waals surface area (Å²) in [6.07, 6.45) is 0.0759. The molecule has 0 unspecified atom stereocenters. The number of hydrogen-bond acceptors (Lipinski definition) is 5. The average Bonchev–Trinajstić information content (AvgIpc) is 2.61. The van der Waals surface area contributed by atoms with Gasteiger partial charge in [-0.2, -0.15) is 13.2 Å². The number of nitrogens with one attached hydrogen (secondary N) is 1. The second-order valence-corrected chi connectivity index (χ2v) is 5.39. The second kappa shape index (κ2) is 7.44. The summed E-state index contributed by atoms with van der Waals surface area (Å²) < 4.78 is 51.1. The number of anilines is 1. The first-order valence-electron chi connectivity index (χ1n) is 7.57. The van der Waals surface area contributed by atoms with Crippen LogP contribution in [-0.2, 0) is 4.79 Å². The van der Waals surface area contributed by atoms with E-state index in [1.807, 2.05) is 5.32 Å². The van der Waals surface area contributed by atoms with Crippen molar-refractivity contribution in [2.75, 3.05) is 5.32 Å². The summed E-state index contributed by atoms with van der Waals surface area (Å²) in [4.78, 5) is 27.3. The summed E-state index contributed by atoms with van der Waals surface area (Å²) in [5.74, 6) is -2.12. The largest absolute Gasteiger partial charge is 0.397 e. The van der Waals surface area contributed by atoms with E-state index in [0.717, 1.165) is 12.4 Å². The highest BCUT2D eigenvalue weighted by atomic mass is 19.4. The molecule has 0 aliphatic carbocycles. The van der Waals surface area contributed by atoms with E-state index >= 15 is 0 Å². The Hall–Kier alpha value is -3.43. The van der Waals surface area contributed by atoms with Gasteiger partial charge in [0.25, 0.3) is 0 Å². The van der Waals surface area contributed by atoms with Crippen LogP contribution in [0.15, 0.2) is 49.2 Å². The first-order chi connectivity index (χ1) is 12.8. The fraction of sp³-hybridized carbons (Fsp3) is 0.118. The Morgan fingerprint density at radius 1 is 1.04 bits per heavy atom. The van der Waals surface area contributed by atoms with Gasteiger partial charge < -0.3 is 5.32 Å². The molecule has 0 saturated heterocycles. The Morgan fingerprint density at radius 3 is 2.48 bits per heavy atom. The van der Waals surface area contributed by atoms with E-state index in [2.05, 4.69) is 19.9 Å². The Morgan fingerprint density at radius 2 is 1.81 bits per heavy atom. The van der Waals surface area contributed by atoms with Gasteiger partial charge in [-0.15, -0.1) is 0 Å². The number of amides is 1. The highest BCUT2D eigenvalue weighted by Gasteiger charge is 2.31. The van der Waals surface area contributed by atoms with Crippen molar-refractivity contribution in [1.29, 1.82) is 0 Å². The first kappa shape index (κ1) is 18.4. The Bertz CT molecular complexity index is 963. The monoisotopic (exact) mass is 377 g/mol. The van der Waals surface area contributed by atoms with Crippen molar-refractivity contribution >= 4 is 11.7 Å². The topological polar surface area (TPSA) is 80.7 Å². The van der Waals surface area contributed by atoms with E-state index < -0.39 is 24.3 Å². The average molecular weight is 377 g/mol. The molecule has 1 amide bonds. The van der Waals surface area contributed by atoms with Crippen LogP contribution in [0, 0.1) is 5.82 Å². The molecular weight excluding hydrogens is 366 g/mol. The second-order valence-electron chi connectivity index (χ2n) is 5.39. The SMILES string of the molecule is O=C(CC(F)(F)F)Nc1cnc(-c2ccncc2F)c(-c2cccnc2)n1. The third kappa shape index (κ3) is 4.60. The van der Waals surface area contributed by atoms with Gasteiger partial charge in [-0.3, -0.25) is 14.8 Å². The molecule has 0 aliphatic rings. The smallest absolute Gasteiger partial charge is 0.309 e. The number of nitrogens with zero attached hydrogens (tertiary/aromatic N) is 4. The zero-order valence-corrected chi connectivity index (χ0v) is 13.5. The molecule has 3 aromatic rings. The van der Waals surface area contributed by atoms with Gasteiger partial charge >= 0.3 is 6.18 Å². The van der Waals surface area contributed by atoms with Gasteiger partial charge in [-0.25, -0.2) is 14.4 Å². The first-order valence-corrected chi connectivity index (χ1v) is 7.57. The molecule has 0 spiro atoms. The van der Waals surface area contributed by atoms with Crippen LogP contribution in [0.4, 0.5) is 23.4 Å². The molecule has 0 saturated carbocycles. The number of hydrogen-bond donors (Lipinski definition) is 1. The van der Waals surface area contributed by atoms with Gasteiger partial charge in [0.2, 0.25) is 5.91 Å². The standard InChI is InChI=1S/C17H11F4N5O/c18-12-8-23-5-3-11(12)16-15(10-2-1-4-22-7-10)26-13(9-24-16)25-14(27)6-17(19,20)21/h1-5,7-9H,6H2,(H,25,26,27). The van der Waals surface area contributed by atoms with Crippen molar-refractivity contribution < 1.29 is 22.4 Å². The highest BCUT2D eigenvalue weighted by Crippen LogP contribution is 2.30. The van der Waals surface area contributed by atoms with Crippen LogP contribution in [-0.4, -0.2) is 32.0 Å². The quantitative estimate of drug-likeness (QED) is 0.703. The predicted octanol–water partition coefficient (Wildman–Crippen LogP) is 3.63. The van der Waals surface area contributed by atoms with Crippen LogP contribution in [0.25, 0.3) is 22.5 Å². The molecule has 0 radical (unpaired) electrons. The van der Waals surface area contributed by atoms with E-state index in [1.54, 1.807) is 12.1 Å². The minimum Gasteiger partial charge on any atom is -0.309 e. The van der Waals surface area contributed by atoms with E-state index in [4.69, 9.17) is 0 Å². The van der Waals surface area contributed by atoms with Crippen LogP contribution in [0.3, 0.4) is 0 Å². The van der Waals surface area contributed by atoms with Crippen molar-refractivity contribution in [2.24, 2.45) is 0 Å². The Balaban J connectivity index is 2.03. The molecule has 1 N–H and O–H groups in total. The van der Waals surface area contributed by atoms with Gasteiger partial charge in [0, 0.05) is 29.7 Å². The lowest BCUT2D eigenvalue weighted by Crippen LogP contribution is -2.21. The van der Waals surface area contributed by atoms with Crippen molar-refractivity contribution in [2.45, 2.75) is 12.6 Å². The fourth-order valence-corrected chi connectivity index (χ4v) is 2.29. The maximum absolute atomic E-state index is 14.1. The van der Waals surface area contributed by atoms with Crippen LogP contribution in [0.2, 0.25) is 0 Å². The van der Waals surface area contributed by atoms with Gasteiger partial charge in [-0.1, -0.05) is 0 Å². The van der Waals surface area contributed by atoms with Crippen LogP contribution in [0.5, 0.6) is 0 Å². The normalized spacial score (nSPS) is 11.3. The Labute approximate surface area is 150 Å². The zero-order chi connectivity index (χ0) is 19.4.